The fraction of sp³-hybridized carbons (Fsp3) is 0.111. The Labute approximate surface area is 97.6 Å². The molecule has 2 aromatic rings. The molecule has 2 rings (SSSR count). The van der Waals surface area contributed by atoms with Gasteiger partial charge in [0.05, 0.1) is 21.8 Å². The summed E-state index contributed by atoms with van der Waals surface area (Å²) in [6.45, 7) is 0. The van der Waals surface area contributed by atoms with Gasteiger partial charge in [0.25, 0.3) is 0 Å². The molecule has 0 saturated heterocycles. The number of thiophene rings is 1. The SMILES string of the molecule is COc1ccnc2c(Br)c(C(=O)O)sc12. The number of nitrogens with zero attached hydrogens (tertiary/aromatic N) is 1. The van der Waals surface area contributed by atoms with Gasteiger partial charge in [-0.15, -0.1) is 11.3 Å². The summed E-state index contributed by atoms with van der Waals surface area (Å²) >= 11 is 4.38. The number of aromatic nitrogens is 1. The van der Waals surface area contributed by atoms with Crippen molar-refractivity contribution >= 4 is 43.5 Å². The molecule has 0 aliphatic heterocycles. The maximum Gasteiger partial charge on any atom is 0.347 e. The molecule has 0 amide bonds. The topological polar surface area (TPSA) is 59.4 Å². The molecule has 78 valence electrons. The highest BCUT2D eigenvalue weighted by Gasteiger charge is 2.18. The van der Waals surface area contributed by atoms with Crippen LogP contribution in [0, 0.1) is 0 Å². The van der Waals surface area contributed by atoms with Crippen LogP contribution < -0.4 is 4.74 Å². The maximum absolute atomic E-state index is 10.9. The Morgan fingerprint density at radius 1 is 1.67 bits per heavy atom. The van der Waals surface area contributed by atoms with Gasteiger partial charge in [-0.2, -0.15) is 0 Å². The zero-order chi connectivity index (χ0) is 11.0. The first kappa shape index (κ1) is 10.4. The van der Waals surface area contributed by atoms with Crippen molar-refractivity contribution in [3.05, 3.63) is 21.6 Å². The zero-order valence-corrected chi connectivity index (χ0v) is 10.1. The second kappa shape index (κ2) is 3.79. The third-order valence-electron chi connectivity index (χ3n) is 1.89. The first-order chi connectivity index (χ1) is 7.15. The van der Waals surface area contributed by atoms with Crippen LogP contribution in [0.25, 0.3) is 10.2 Å². The Hall–Kier alpha value is -1.14. The second-order valence-electron chi connectivity index (χ2n) is 2.74. The van der Waals surface area contributed by atoms with Crippen molar-refractivity contribution < 1.29 is 14.6 Å². The first-order valence-corrected chi connectivity index (χ1v) is 5.60. The number of carbonyl (C=O) groups is 1. The van der Waals surface area contributed by atoms with Gasteiger partial charge in [0.2, 0.25) is 0 Å². The highest BCUT2D eigenvalue weighted by molar-refractivity contribution is 9.10. The van der Waals surface area contributed by atoms with Crippen molar-refractivity contribution in [3.63, 3.8) is 0 Å². The molecule has 1 N–H and O–H groups in total. The van der Waals surface area contributed by atoms with Crippen LogP contribution in [0.5, 0.6) is 5.75 Å². The number of ether oxygens (including phenoxy) is 1. The van der Waals surface area contributed by atoms with Gasteiger partial charge < -0.3 is 9.84 Å². The van der Waals surface area contributed by atoms with Crippen molar-refractivity contribution in [2.24, 2.45) is 0 Å². The number of carboxylic acid groups (broad SMARTS) is 1. The summed E-state index contributed by atoms with van der Waals surface area (Å²) < 4.78 is 6.38. The molecular formula is C9H6BrNO3S. The van der Waals surface area contributed by atoms with Gasteiger partial charge >= 0.3 is 5.97 Å². The van der Waals surface area contributed by atoms with E-state index in [2.05, 4.69) is 20.9 Å². The van der Waals surface area contributed by atoms with E-state index in [1.807, 2.05) is 0 Å². The van der Waals surface area contributed by atoms with Crippen LogP contribution in [-0.4, -0.2) is 23.2 Å². The Kier molecular flexibility index (Phi) is 2.62. The van der Waals surface area contributed by atoms with Crippen LogP contribution in [0.4, 0.5) is 0 Å². The van der Waals surface area contributed by atoms with Crippen molar-refractivity contribution in [2.45, 2.75) is 0 Å². The fourth-order valence-electron chi connectivity index (χ4n) is 1.24. The van der Waals surface area contributed by atoms with Crippen LogP contribution in [0.3, 0.4) is 0 Å². The molecule has 0 fully saturated rings. The minimum atomic E-state index is -0.966. The van der Waals surface area contributed by atoms with Crippen LogP contribution in [0.2, 0.25) is 0 Å². The van der Waals surface area contributed by atoms with E-state index in [4.69, 9.17) is 9.84 Å². The molecule has 0 unspecified atom stereocenters. The number of aromatic carboxylic acids is 1. The lowest BCUT2D eigenvalue weighted by molar-refractivity contribution is 0.0701. The molecule has 6 heteroatoms. The number of methoxy groups -OCH3 is 1. The molecule has 0 atom stereocenters. The Bertz CT molecular complexity index is 537. The van der Waals surface area contributed by atoms with Gasteiger partial charge in [0, 0.05) is 6.20 Å². The smallest absolute Gasteiger partial charge is 0.347 e. The summed E-state index contributed by atoms with van der Waals surface area (Å²) in [6, 6.07) is 1.71. The minimum Gasteiger partial charge on any atom is -0.495 e. The Morgan fingerprint density at radius 3 is 3.00 bits per heavy atom. The van der Waals surface area contributed by atoms with Gasteiger partial charge in [-0.1, -0.05) is 0 Å². The van der Waals surface area contributed by atoms with E-state index >= 15 is 0 Å². The van der Waals surface area contributed by atoms with Crippen molar-refractivity contribution in [1.29, 1.82) is 0 Å². The fourth-order valence-corrected chi connectivity index (χ4v) is 3.06. The van der Waals surface area contributed by atoms with Crippen LogP contribution >= 0.6 is 27.3 Å². The van der Waals surface area contributed by atoms with E-state index in [1.165, 1.54) is 0 Å². The van der Waals surface area contributed by atoms with Gasteiger partial charge in [-0.3, -0.25) is 4.98 Å². The number of halogens is 1. The molecule has 0 saturated carbocycles. The number of carboxylic acids is 1. The van der Waals surface area contributed by atoms with Crippen LogP contribution in [0.1, 0.15) is 9.67 Å². The summed E-state index contributed by atoms with van der Waals surface area (Å²) in [5, 5.41) is 8.94. The summed E-state index contributed by atoms with van der Waals surface area (Å²) in [5.74, 6) is -0.329. The van der Waals surface area contributed by atoms with Crippen molar-refractivity contribution in [2.75, 3.05) is 7.11 Å². The molecule has 0 bridgehead atoms. The molecular weight excluding hydrogens is 282 g/mol. The average Bonchev–Trinajstić information content (AvgIpc) is 2.56. The third-order valence-corrected chi connectivity index (χ3v) is 4.11. The predicted molar refractivity (Wildman–Crippen MR) is 60.8 cm³/mol. The number of fused-ring (bicyclic) bond motifs is 1. The highest BCUT2D eigenvalue weighted by atomic mass is 79.9. The first-order valence-electron chi connectivity index (χ1n) is 3.99. The van der Waals surface area contributed by atoms with E-state index < -0.39 is 5.97 Å². The summed E-state index contributed by atoms with van der Waals surface area (Å²) in [4.78, 5) is 15.3. The number of pyridine rings is 1. The van der Waals surface area contributed by atoms with E-state index in [9.17, 15) is 4.79 Å². The molecule has 0 radical (unpaired) electrons. The third kappa shape index (κ3) is 1.59. The molecule has 2 aromatic heterocycles. The lowest BCUT2D eigenvalue weighted by Gasteiger charge is -1.98. The van der Waals surface area contributed by atoms with Gasteiger partial charge in [0.15, 0.2) is 0 Å². The number of hydrogen-bond donors (Lipinski definition) is 1. The van der Waals surface area contributed by atoms with E-state index in [0.29, 0.717) is 15.7 Å². The maximum atomic E-state index is 10.9. The van der Waals surface area contributed by atoms with Crippen LogP contribution in [-0.2, 0) is 0 Å². The predicted octanol–water partition coefficient (Wildman–Crippen LogP) is 2.77. The quantitative estimate of drug-likeness (QED) is 0.923. The minimum absolute atomic E-state index is 0.238. The molecule has 0 aliphatic carbocycles. The summed E-state index contributed by atoms with van der Waals surface area (Å²) in [7, 11) is 1.54. The van der Waals surface area contributed by atoms with E-state index in [-0.39, 0.29) is 4.88 Å². The summed E-state index contributed by atoms with van der Waals surface area (Å²) in [6.07, 6.45) is 1.59. The normalized spacial score (nSPS) is 10.5. The lowest BCUT2D eigenvalue weighted by atomic mass is 10.3. The molecule has 0 aliphatic rings. The molecule has 0 aromatic carbocycles. The summed E-state index contributed by atoms with van der Waals surface area (Å²) in [5.41, 5.74) is 0.622. The standard InChI is InChI=1S/C9H6BrNO3S/c1-14-4-2-3-11-6-5(10)8(9(12)13)15-7(4)6/h2-3H,1H3,(H,12,13). The van der Waals surface area contributed by atoms with Crippen molar-refractivity contribution in [1.82, 2.24) is 4.98 Å². The molecule has 4 nitrogen and oxygen atoms in total. The van der Waals surface area contributed by atoms with Gasteiger partial charge in [-0.25, -0.2) is 4.79 Å². The van der Waals surface area contributed by atoms with E-state index in [1.54, 1.807) is 19.4 Å². The second-order valence-corrected chi connectivity index (χ2v) is 4.55. The van der Waals surface area contributed by atoms with Gasteiger partial charge in [-0.05, 0) is 22.0 Å². The van der Waals surface area contributed by atoms with E-state index in [0.717, 1.165) is 16.0 Å². The Balaban J connectivity index is 2.81. The zero-order valence-electron chi connectivity index (χ0n) is 7.65. The lowest BCUT2D eigenvalue weighted by Crippen LogP contribution is -1.91. The molecule has 15 heavy (non-hydrogen) atoms. The molecule has 2 heterocycles. The van der Waals surface area contributed by atoms with Crippen molar-refractivity contribution in [3.8, 4) is 5.75 Å². The Morgan fingerprint density at radius 2 is 2.40 bits per heavy atom. The van der Waals surface area contributed by atoms with Crippen LogP contribution in [0.15, 0.2) is 16.7 Å². The number of hydrogen-bond acceptors (Lipinski definition) is 4. The molecule has 0 spiro atoms. The highest BCUT2D eigenvalue weighted by Crippen LogP contribution is 2.38. The number of rotatable bonds is 2. The van der Waals surface area contributed by atoms with Gasteiger partial charge in [0.1, 0.15) is 10.6 Å². The monoisotopic (exact) mass is 287 g/mol. The average molecular weight is 288 g/mol. The largest absolute Gasteiger partial charge is 0.495 e.